The number of hydrogen-bond acceptors (Lipinski definition) is 3. The standard InChI is InChI=1S/C12H17N5O/c1-4-17-9(2)11(7-15-17)12(18)13-5-10-6-14-16(3)8-10/h6-8H,4-5H2,1-3H3,(H,13,18). The fourth-order valence-corrected chi connectivity index (χ4v) is 1.83. The monoisotopic (exact) mass is 247 g/mol. The number of amides is 1. The Bertz CT molecular complexity index is 555. The molecule has 0 spiro atoms. The minimum Gasteiger partial charge on any atom is -0.348 e. The lowest BCUT2D eigenvalue weighted by atomic mass is 10.2. The van der Waals surface area contributed by atoms with E-state index in [1.54, 1.807) is 21.8 Å². The molecule has 2 heterocycles. The number of aromatic nitrogens is 4. The van der Waals surface area contributed by atoms with Crippen LogP contribution in [0.3, 0.4) is 0 Å². The second-order valence-electron chi connectivity index (χ2n) is 4.16. The van der Waals surface area contributed by atoms with Gasteiger partial charge in [-0.3, -0.25) is 14.2 Å². The average molecular weight is 247 g/mol. The van der Waals surface area contributed by atoms with E-state index >= 15 is 0 Å². The normalized spacial score (nSPS) is 10.6. The van der Waals surface area contributed by atoms with Gasteiger partial charge in [0.25, 0.3) is 5.91 Å². The van der Waals surface area contributed by atoms with Crippen LogP contribution in [0.1, 0.15) is 28.5 Å². The molecule has 0 saturated heterocycles. The SMILES string of the molecule is CCn1ncc(C(=O)NCc2cnn(C)c2)c1C. The number of aryl methyl sites for hydroxylation is 2. The van der Waals surface area contributed by atoms with E-state index in [4.69, 9.17) is 0 Å². The van der Waals surface area contributed by atoms with Gasteiger partial charge in [0.1, 0.15) is 0 Å². The number of nitrogens with zero attached hydrogens (tertiary/aromatic N) is 4. The third-order valence-corrected chi connectivity index (χ3v) is 2.86. The van der Waals surface area contributed by atoms with Gasteiger partial charge < -0.3 is 5.32 Å². The van der Waals surface area contributed by atoms with Crippen molar-refractivity contribution in [3.8, 4) is 0 Å². The van der Waals surface area contributed by atoms with Crippen LogP contribution in [0.25, 0.3) is 0 Å². The molecular formula is C12H17N5O. The first kappa shape index (κ1) is 12.3. The van der Waals surface area contributed by atoms with E-state index in [0.717, 1.165) is 17.8 Å². The smallest absolute Gasteiger partial charge is 0.255 e. The van der Waals surface area contributed by atoms with Gasteiger partial charge in [-0.25, -0.2) is 0 Å². The van der Waals surface area contributed by atoms with E-state index in [1.165, 1.54) is 0 Å². The molecule has 0 aliphatic carbocycles. The third kappa shape index (κ3) is 2.42. The third-order valence-electron chi connectivity index (χ3n) is 2.86. The average Bonchev–Trinajstić information content (AvgIpc) is 2.92. The summed E-state index contributed by atoms with van der Waals surface area (Å²) in [6, 6.07) is 0. The first-order valence-corrected chi connectivity index (χ1v) is 5.90. The second kappa shape index (κ2) is 5.03. The number of rotatable bonds is 4. The van der Waals surface area contributed by atoms with E-state index in [9.17, 15) is 4.79 Å². The van der Waals surface area contributed by atoms with Crippen LogP contribution in [0, 0.1) is 6.92 Å². The highest BCUT2D eigenvalue weighted by molar-refractivity contribution is 5.94. The van der Waals surface area contributed by atoms with Crippen LogP contribution in [0.2, 0.25) is 0 Å². The van der Waals surface area contributed by atoms with Crippen LogP contribution in [0.5, 0.6) is 0 Å². The molecule has 0 unspecified atom stereocenters. The summed E-state index contributed by atoms with van der Waals surface area (Å²) in [5.41, 5.74) is 2.49. The van der Waals surface area contributed by atoms with Crippen molar-refractivity contribution >= 4 is 5.91 Å². The van der Waals surface area contributed by atoms with E-state index in [-0.39, 0.29) is 5.91 Å². The fourth-order valence-electron chi connectivity index (χ4n) is 1.83. The number of hydrogen-bond donors (Lipinski definition) is 1. The highest BCUT2D eigenvalue weighted by Crippen LogP contribution is 2.07. The summed E-state index contributed by atoms with van der Waals surface area (Å²) in [6.45, 7) is 5.14. The van der Waals surface area contributed by atoms with Crippen molar-refractivity contribution < 1.29 is 4.79 Å². The van der Waals surface area contributed by atoms with Crippen LogP contribution < -0.4 is 5.32 Å². The number of carbonyl (C=O) groups excluding carboxylic acids is 1. The number of nitrogens with one attached hydrogen (secondary N) is 1. The molecule has 1 N–H and O–H groups in total. The summed E-state index contributed by atoms with van der Waals surface area (Å²) in [4.78, 5) is 12.0. The van der Waals surface area contributed by atoms with Crippen molar-refractivity contribution in [3.05, 3.63) is 35.4 Å². The van der Waals surface area contributed by atoms with Crippen LogP contribution in [-0.2, 0) is 20.1 Å². The lowest BCUT2D eigenvalue weighted by molar-refractivity contribution is 0.0950. The Hall–Kier alpha value is -2.11. The lowest BCUT2D eigenvalue weighted by Crippen LogP contribution is -2.23. The van der Waals surface area contributed by atoms with E-state index in [0.29, 0.717) is 12.1 Å². The molecule has 18 heavy (non-hydrogen) atoms. The van der Waals surface area contributed by atoms with E-state index in [1.807, 2.05) is 27.1 Å². The maximum absolute atomic E-state index is 12.0. The summed E-state index contributed by atoms with van der Waals surface area (Å²) in [7, 11) is 1.85. The Morgan fingerprint density at radius 1 is 1.39 bits per heavy atom. The van der Waals surface area contributed by atoms with Gasteiger partial charge in [0.15, 0.2) is 0 Å². The molecule has 0 aliphatic heterocycles. The molecule has 0 aliphatic rings. The van der Waals surface area contributed by atoms with Crippen LogP contribution >= 0.6 is 0 Å². The van der Waals surface area contributed by atoms with Crippen molar-refractivity contribution in [2.24, 2.45) is 7.05 Å². The van der Waals surface area contributed by atoms with Crippen LogP contribution in [0.15, 0.2) is 18.6 Å². The Labute approximate surface area is 106 Å². The molecule has 2 rings (SSSR count). The molecule has 0 atom stereocenters. The minimum absolute atomic E-state index is 0.101. The molecule has 0 radical (unpaired) electrons. The highest BCUT2D eigenvalue weighted by atomic mass is 16.1. The van der Waals surface area contributed by atoms with Gasteiger partial charge in [0.05, 0.1) is 18.0 Å². The maximum Gasteiger partial charge on any atom is 0.255 e. The van der Waals surface area contributed by atoms with Crippen LogP contribution in [0.4, 0.5) is 0 Å². The van der Waals surface area contributed by atoms with Gasteiger partial charge >= 0.3 is 0 Å². The quantitative estimate of drug-likeness (QED) is 0.872. The van der Waals surface area contributed by atoms with Crippen molar-refractivity contribution in [3.63, 3.8) is 0 Å². The molecule has 2 aromatic heterocycles. The first-order chi connectivity index (χ1) is 8.61. The van der Waals surface area contributed by atoms with Crippen LogP contribution in [-0.4, -0.2) is 25.5 Å². The Morgan fingerprint density at radius 2 is 2.17 bits per heavy atom. The lowest BCUT2D eigenvalue weighted by Gasteiger charge is -2.03. The minimum atomic E-state index is -0.101. The number of carbonyl (C=O) groups is 1. The molecular weight excluding hydrogens is 230 g/mol. The largest absolute Gasteiger partial charge is 0.348 e. The molecule has 0 bridgehead atoms. The molecule has 2 aromatic rings. The zero-order chi connectivity index (χ0) is 13.1. The predicted molar refractivity (Wildman–Crippen MR) is 67.0 cm³/mol. The van der Waals surface area contributed by atoms with Crippen molar-refractivity contribution in [1.29, 1.82) is 0 Å². The molecule has 0 saturated carbocycles. The predicted octanol–water partition coefficient (Wildman–Crippen LogP) is 0.875. The topological polar surface area (TPSA) is 64.7 Å². The van der Waals surface area contributed by atoms with Crippen molar-refractivity contribution in [1.82, 2.24) is 24.9 Å². The Kier molecular flexibility index (Phi) is 3.45. The molecule has 6 nitrogen and oxygen atoms in total. The molecule has 1 amide bonds. The van der Waals surface area contributed by atoms with Gasteiger partial charge in [0, 0.05) is 37.6 Å². The summed E-state index contributed by atoms with van der Waals surface area (Å²) < 4.78 is 3.51. The Morgan fingerprint density at radius 3 is 2.72 bits per heavy atom. The van der Waals surface area contributed by atoms with Crippen molar-refractivity contribution in [2.75, 3.05) is 0 Å². The Balaban J connectivity index is 2.01. The van der Waals surface area contributed by atoms with Gasteiger partial charge in [-0.2, -0.15) is 10.2 Å². The molecule has 6 heteroatoms. The van der Waals surface area contributed by atoms with E-state index < -0.39 is 0 Å². The zero-order valence-corrected chi connectivity index (χ0v) is 10.8. The maximum atomic E-state index is 12.0. The summed E-state index contributed by atoms with van der Waals surface area (Å²) in [6.07, 6.45) is 5.22. The van der Waals surface area contributed by atoms with Crippen molar-refractivity contribution in [2.45, 2.75) is 26.9 Å². The van der Waals surface area contributed by atoms with Gasteiger partial charge in [-0.05, 0) is 13.8 Å². The zero-order valence-electron chi connectivity index (χ0n) is 10.8. The van der Waals surface area contributed by atoms with Gasteiger partial charge in [0.2, 0.25) is 0 Å². The summed E-state index contributed by atoms with van der Waals surface area (Å²) >= 11 is 0. The molecule has 96 valence electrons. The van der Waals surface area contributed by atoms with E-state index in [2.05, 4.69) is 15.5 Å². The summed E-state index contributed by atoms with van der Waals surface area (Å²) in [5.74, 6) is -0.101. The first-order valence-electron chi connectivity index (χ1n) is 5.90. The van der Waals surface area contributed by atoms with Gasteiger partial charge in [-0.1, -0.05) is 0 Å². The molecule has 0 fully saturated rings. The highest BCUT2D eigenvalue weighted by Gasteiger charge is 2.13. The summed E-state index contributed by atoms with van der Waals surface area (Å²) in [5, 5.41) is 11.1. The van der Waals surface area contributed by atoms with Gasteiger partial charge in [-0.15, -0.1) is 0 Å². The fraction of sp³-hybridized carbons (Fsp3) is 0.417. The second-order valence-corrected chi connectivity index (χ2v) is 4.16. The molecule has 0 aromatic carbocycles.